The lowest BCUT2D eigenvalue weighted by Crippen LogP contribution is -2.29. The molecule has 0 unspecified atom stereocenters. The summed E-state index contributed by atoms with van der Waals surface area (Å²) >= 11 is 0. The van der Waals surface area contributed by atoms with Crippen LogP contribution in [0.2, 0.25) is 0 Å². The molecule has 0 fully saturated rings. The second-order valence-corrected chi connectivity index (χ2v) is 6.45. The number of carbonyl (C=O) groups is 2. The Balaban J connectivity index is 1.61. The highest BCUT2D eigenvalue weighted by molar-refractivity contribution is 5.97. The molecule has 2 aromatic heterocycles. The highest BCUT2D eigenvalue weighted by Gasteiger charge is 2.17. The van der Waals surface area contributed by atoms with E-state index in [0.717, 1.165) is 17.0 Å². The monoisotopic (exact) mass is 383 g/mol. The molecule has 0 saturated heterocycles. The van der Waals surface area contributed by atoms with Crippen LogP contribution in [0.4, 0.5) is 5.69 Å². The van der Waals surface area contributed by atoms with Crippen LogP contribution in [0.25, 0.3) is 17.1 Å². The lowest BCUT2D eigenvalue weighted by atomic mass is 10.2. The SMILES string of the molecule is Cc1nn(C)c(C)c1/C=C/C(=O)O[C@H](C)C(=O)Nc1ccc2[nH]c(=O)[nH]c2c1. The number of benzene rings is 1. The molecule has 28 heavy (non-hydrogen) atoms. The van der Waals surface area contributed by atoms with Crippen molar-refractivity contribution in [1.82, 2.24) is 19.7 Å². The van der Waals surface area contributed by atoms with Crippen LogP contribution in [-0.2, 0) is 21.4 Å². The fourth-order valence-electron chi connectivity index (χ4n) is 2.80. The molecule has 0 aliphatic carbocycles. The van der Waals surface area contributed by atoms with Gasteiger partial charge in [-0.3, -0.25) is 9.48 Å². The summed E-state index contributed by atoms with van der Waals surface area (Å²) in [5.74, 6) is -1.11. The van der Waals surface area contributed by atoms with Crippen molar-refractivity contribution in [3.8, 4) is 0 Å². The summed E-state index contributed by atoms with van der Waals surface area (Å²) in [4.78, 5) is 40.8. The van der Waals surface area contributed by atoms with Crippen molar-refractivity contribution in [2.24, 2.45) is 7.05 Å². The van der Waals surface area contributed by atoms with Gasteiger partial charge < -0.3 is 20.0 Å². The molecule has 2 heterocycles. The molecule has 3 N–H and O–H groups in total. The Bertz CT molecular complexity index is 1140. The second-order valence-electron chi connectivity index (χ2n) is 6.45. The van der Waals surface area contributed by atoms with Crippen molar-refractivity contribution in [2.75, 3.05) is 5.32 Å². The number of rotatable bonds is 5. The number of aryl methyl sites for hydroxylation is 2. The van der Waals surface area contributed by atoms with Crippen molar-refractivity contribution in [1.29, 1.82) is 0 Å². The van der Waals surface area contributed by atoms with Gasteiger partial charge in [0.25, 0.3) is 5.91 Å². The fraction of sp³-hybridized carbons (Fsp3) is 0.263. The Morgan fingerprint density at radius 2 is 1.96 bits per heavy atom. The van der Waals surface area contributed by atoms with Gasteiger partial charge in [0.1, 0.15) is 0 Å². The third-order valence-corrected chi connectivity index (χ3v) is 4.40. The number of esters is 1. The third-order valence-electron chi connectivity index (χ3n) is 4.40. The zero-order valence-electron chi connectivity index (χ0n) is 16.0. The van der Waals surface area contributed by atoms with E-state index in [1.807, 2.05) is 20.9 Å². The Labute approximate surface area is 160 Å². The highest BCUT2D eigenvalue weighted by Crippen LogP contribution is 2.16. The standard InChI is InChI=1S/C19H21N5O4/c1-10-14(11(2)24(4)23-10)6-8-17(25)28-12(3)18(26)20-13-5-7-15-16(9-13)22-19(27)21-15/h5-9,12H,1-4H3,(H,20,26)(H2,21,22,27)/b8-6+/t12-/m1/s1. The minimum Gasteiger partial charge on any atom is -0.449 e. The third kappa shape index (κ3) is 4.03. The van der Waals surface area contributed by atoms with Gasteiger partial charge in [0.15, 0.2) is 6.10 Å². The minimum atomic E-state index is -0.991. The molecule has 9 heteroatoms. The van der Waals surface area contributed by atoms with Crippen LogP contribution < -0.4 is 11.0 Å². The van der Waals surface area contributed by atoms with Crippen LogP contribution in [-0.4, -0.2) is 37.7 Å². The Kier molecular flexibility index (Phi) is 5.16. The number of nitrogens with one attached hydrogen (secondary N) is 3. The topological polar surface area (TPSA) is 122 Å². The number of carbonyl (C=O) groups excluding carboxylic acids is 2. The van der Waals surface area contributed by atoms with E-state index in [1.54, 1.807) is 29.0 Å². The highest BCUT2D eigenvalue weighted by atomic mass is 16.5. The molecular weight excluding hydrogens is 362 g/mol. The number of hydrogen-bond acceptors (Lipinski definition) is 5. The number of aromatic amines is 2. The average Bonchev–Trinajstić information content (AvgIpc) is 3.11. The first-order chi connectivity index (χ1) is 13.2. The molecule has 1 aromatic carbocycles. The Morgan fingerprint density at radius 1 is 1.25 bits per heavy atom. The Morgan fingerprint density at radius 3 is 2.64 bits per heavy atom. The number of imidazole rings is 1. The van der Waals surface area contributed by atoms with E-state index in [1.165, 1.54) is 13.0 Å². The van der Waals surface area contributed by atoms with E-state index in [0.29, 0.717) is 16.7 Å². The summed E-state index contributed by atoms with van der Waals surface area (Å²) in [6, 6.07) is 4.93. The molecule has 0 aliphatic rings. The molecule has 0 aliphatic heterocycles. The van der Waals surface area contributed by atoms with Crippen LogP contribution in [0.5, 0.6) is 0 Å². The molecular formula is C19H21N5O4. The summed E-state index contributed by atoms with van der Waals surface area (Å²) in [5.41, 5.74) is 3.91. The van der Waals surface area contributed by atoms with Gasteiger partial charge in [0, 0.05) is 30.1 Å². The molecule has 0 radical (unpaired) electrons. The van der Waals surface area contributed by atoms with E-state index < -0.39 is 18.0 Å². The number of anilines is 1. The summed E-state index contributed by atoms with van der Waals surface area (Å²) in [5, 5.41) is 6.93. The number of fused-ring (bicyclic) bond motifs is 1. The van der Waals surface area contributed by atoms with Crippen LogP contribution >= 0.6 is 0 Å². The van der Waals surface area contributed by atoms with Gasteiger partial charge in [-0.1, -0.05) is 0 Å². The minimum absolute atomic E-state index is 0.327. The predicted molar refractivity (Wildman–Crippen MR) is 105 cm³/mol. The molecule has 1 atom stereocenters. The van der Waals surface area contributed by atoms with Crippen LogP contribution in [0.15, 0.2) is 29.1 Å². The molecule has 146 valence electrons. The Hall–Kier alpha value is -3.62. The first-order valence-corrected chi connectivity index (χ1v) is 8.66. The largest absolute Gasteiger partial charge is 0.449 e. The maximum atomic E-state index is 12.3. The normalized spacial score (nSPS) is 12.4. The molecule has 9 nitrogen and oxygen atoms in total. The van der Waals surface area contributed by atoms with Gasteiger partial charge in [-0.25, -0.2) is 9.59 Å². The first-order valence-electron chi connectivity index (χ1n) is 8.66. The fourth-order valence-corrected chi connectivity index (χ4v) is 2.80. The van der Waals surface area contributed by atoms with Gasteiger partial charge in [-0.15, -0.1) is 0 Å². The van der Waals surface area contributed by atoms with E-state index in [2.05, 4.69) is 20.4 Å². The number of hydrogen-bond donors (Lipinski definition) is 3. The van der Waals surface area contributed by atoms with Crippen molar-refractivity contribution in [2.45, 2.75) is 26.9 Å². The summed E-state index contributed by atoms with van der Waals surface area (Å²) in [7, 11) is 1.82. The van der Waals surface area contributed by atoms with Gasteiger partial charge in [0.05, 0.1) is 16.7 Å². The predicted octanol–water partition coefficient (Wildman–Crippen LogP) is 1.79. The van der Waals surface area contributed by atoms with Crippen LogP contribution in [0, 0.1) is 13.8 Å². The van der Waals surface area contributed by atoms with Crippen molar-refractivity contribution in [3.05, 3.63) is 51.7 Å². The molecule has 3 aromatic rings. The molecule has 0 saturated carbocycles. The summed E-state index contributed by atoms with van der Waals surface area (Å²) in [6.07, 6.45) is 1.91. The van der Waals surface area contributed by atoms with E-state index in [9.17, 15) is 14.4 Å². The van der Waals surface area contributed by atoms with Crippen molar-refractivity contribution < 1.29 is 14.3 Å². The van der Waals surface area contributed by atoms with Gasteiger partial charge in [0.2, 0.25) is 0 Å². The number of ether oxygens (including phenoxy) is 1. The van der Waals surface area contributed by atoms with E-state index >= 15 is 0 Å². The van der Waals surface area contributed by atoms with Gasteiger partial charge in [-0.2, -0.15) is 5.10 Å². The van der Waals surface area contributed by atoms with E-state index in [4.69, 9.17) is 4.74 Å². The first kappa shape index (κ1) is 19.2. The zero-order chi connectivity index (χ0) is 20.4. The molecule has 0 spiro atoms. The number of amides is 1. The average molecular weight is 383 g/mol. The van der Waals surface area contributed by atoms with Crippen molar-refractivity contribution in [3.63, 3.8) is 0 Å². The maximum Gasteiger partial charge on any atom is 0.331 e. The quantitative estimate of drug-likeness (QED) is 0.458. The molecule has 1 amide bonds. The zero-order valence-corrected chi connectivity index (χ0v) is 16.0. The van der Waals surface area contributed by atoms with Crippen LogP contribution in [0.1, 0.15) is 23.9 Å². The number of nitrogens with zero attached hydrogens (tertiary/aromatic N) is 2. The second kappa shape index (κ2) is 7.55. The lowest BCUT2D eigenvalue weighted by molar-refractivity contribution is -0.148. The summed E-state index contributed by atoms with van der Waals surface area (Å²) < 4.78 is 6.88. The number of H-pyrrole nitrogens is 2. The smallest absolute Gasteiger partial charge is 0.331 e. The van der Waals surface area contributed by atoms with Gasteiger partial charge in [-0.05, 0) is 45.0 Å². The molecule has 3 rings (SSSR count). The number of aromatic nitrogens is 4. The van der Waals surface area contributed by atoms with Crippen LogP contribution in [0.3, 0.4) is 0 Å². The van der Waals surface area contributed by atoms with Gasteiger partial charge >= 0.3 is 11.7 Å². The molecule has 0 bridgehead atoms. The summed E-state index contributed by atoms with van der Waals surface area (Å²) in [6.45, 7) is 5.23. The van der Waals surface area contributed by atoms with E-state index in [-0.39, 0.29) is 5.69 Å². The van der Waals surface area contributed by atoms with Crippen molar-refractivity contribution >= 4 is 34.7 Å². The maximum absolute atomic E-state index is 12.3. The lowest BCUT2D eigenvalue weighted by Gasteiger charge is -2.12.